The second kappa shape index (κ2) is 10.6. The van der Waals surface area contributed by atoms with Crippen LogP contribution < -0.4 is 4.74 Å². The van der Waals surface area contributed by atoms with E-state index in [-0.39, 0.29) is 23.7 Å². The minimum atomic E-state index is -0.545. The summed E-state index contributed by atoms with van der Waals surface area (Å²) in [7, 11) is 0. The first-order valence-corrected chi connectivity index (χ1v) is 13.6. The maximum atomic E-state index is 13.7. The molecule has 35 heavy (non-hydrogen) atoms. The second-order valence-electron chi connectivity index (χ2n) is 10.3. The summed E-state index contributed by atoms with van der Waals surface area (Å²) < 4.78 is 20.0. The molecule has 7 heteroatoms. The van der Waals surface area contributed by atoms with Gasteiger partial charge in [-0.1, -0.05) is 45.9 Å². The lowest BCUT2D eigenvalue weighted by atomic mass is 9.85. The smallest absolute Gasteiger partial charge is 0.263 e. The van der Waals surface area contributed by atoms with Gasteiger partial charge in [0.05, 0.1) is 6.04 Å². The maximum Gasteiger partial charge on any atom is 0.263 e. The van der Waals surface area contributed by atoms with Crippen LogP contribution in [0.5, 0.6) is 5.75 Å². The van der Waals surface area contributed by atoms with Gasteiger partial charge in [-0.2, -0.15) is 11.8 Å². The number of hydrogen-bond acceptors (Lipinski definition) is 4. The lowest BCUT2D eigenvalue weighted by molar-refractivity contribution is -0.141. The van der Waals surface area contributed by atoms with E-state index in [1.54, 1.807) is 12.1 Å². The number of carbonyl (C=O) groups is 2. The molecular formula is C28H35FN2O3S. The van der Waals surface area contributed by atoms with Crippen LogP contribution in [0.2, 0.25) is 0 Å². The topological polar surface area (TPSA) is 49.9 Å². The highest BCUT2D eigenvalue weighted by atomic mass is 32.2. The summed E-state index contributed by atoms with van der Waals surface area (Å²) in [4.78, 5) is 30.3. The highest BCUT2D eigenvalue weighted by Gasteiger charge is 2.37. The molecule has 0 aromatic heterocycles. The van der Waals surface area contributed by atoms with E-state index in [0.29, 0.717) is 18.7 Å². The van der Waals surface area contributed by atoms with Crippen molar-refractivity contribution in [2.75, 3.05) is 31.1 Å². The molecule has 2 atom stereocenters. The summed E-state index contributed by atoms with van der Waals surface area (Å²) in [6.07, 6.45) is 0.767. The largest absolute Gasteiger partial charge is 0.481 e. The van der Waals surface area contributed by atoms with E-state index in [9.17, 15) is 14.0 Å². The van der Waals surface area contributed by atoms with Gasteiger partial charge in [-0.05, 0) is 53.8 Å². The average Bonchev–Trinajstić information content (AvgIpc) is 2.86. The Bertz CT molecular complexity index is 1060. The van der Waals surface area contributed by atoms with Crippen LogP contribution in [-0.4, -0.2) is 58.9 Å². The van der Waals surface area contributed by atoms with E-state index in [0.717, 1.165) is 47.7 Å². The van der Waals surface area contributed by atoms with E-state index in [2.05, 4.69) is 0 Å². The third-order valence-electron chi connectivity index (χ3n) is 6.68. The predicted octanol–water partition coefficient (Wildman–Crippen LogP) is 5.08. The van der Waals surface area contributed by atoms with Crippen molar-refractivity contribution in [3.8, 4) is 5.75 Å². The number of benzene rings is 2. The zero-order valence-electron chi connectivity index (χ0n) is 21.1. The molecule has 2 aromatic carbocycles. The van der Waals surface area contributed by atoms with Gasteiger partial charge in [-0.25, -0.2) is 4.39 Å². The van der Waals surface area contributed by atoms with Crippen LogP contribution in [0.4, 0.5) is 4.39 Å². The van der Waals surface area contributed by atoms with Crippen molar-refractivity contribution in [3.05, 3.63) is 65.0 Å². The molecule has 2 aromatic rings. The maximum absolute atomic E-state index is 13.7. The van der Waals surface area contributed by atoms with Gasteiger partial charge < -0.3 is 14.5 Å². The molecule has 2 amide bonds. The summed E-state index contributed by atoms with van der Waals surface area (Å²) in [5.74, 6) is 2.30. The summed E-state index contributed by atoms with van der Waals surface area (Å²) in [6, 6.07) is 12.0. The standard InChI is InChI=1S/C28H35FN2O3S/c1-5-24(26(32)30-14-16-35-17-15-30)34-22-11-8-19-12-13-31(27(33)28(2,3)4)25(23(19)18-22)20-6-9-21(29)10-7-20/h6-11,18,24-25H,5,12-17H2,1-4H3/t24-,25-/m0/s1. The molecule has 2 aliphatic rings. The number of carbonyl (C=O) groups excluding carboxylic acids is 2. The molecule has 0 N–H and O–H groups in total. The molecule has 0 spiro atoms. The molecule has 0 unspecified atom stereocenters. The van der Waals surface area contributed by atoms with Crippen molar-refractivity contribution in [3.63, 3.8) is 0 Å². The Morgan fingerprint density at radius 2 is 1.77 bits per heavy atom. The fourth-order valence-electron chi connectivity index (χ4n) is 4.78. The quantitative estimate of drug-likeness (QED) is 0.577. The van der Waals surface area contributed by atoms with Crippen LogP contribution in [0.1, 0.15) is 56.8 Å². The summed E-state index contributed by atoms with van der Waals surface area (Å²) in [6.45, 7) is 9.82. The molecule has 2 heterocycles. The SMILES string of the molecule is CC[C@H](Oc1ccc2c(c1)[C@H](c1ccc(F)cc1)N(C(=O)C(C)(C)C)CC2)C(=O)N1CCSCC1. The Morgan fingerprint density at radius 1 is 1.09 bits per heavy atom. The average molecular weight is 499 g/mol. The molecule has 4 rings (SSSR count). The van der Waals surface area contributed by atoms with Crippen LogP contribution in [0.3, 0.4) is 0 Å². The second-order valence-corrected chi connectivity index (χ2v) is 11.5. The number of fused-ring (bicyclic) bond motifs is 1. The van der Waals surface area contributed by atoms with Crippen LogP contribution in [0.15, 0.2) is 42.5 Å². The Labute approximate surface area is 212 Å². The molecule has 0 radical (unpaired) electrons. The van der Waals surface area contributed by atoms with E-state index in [1.165, 1.54) is 12.1 Å². The van der Waals surface area contributed by atoms with E-state index < -0.39 is 11.5 Å². The molecule has 0 saturated carbocycles. The third-order valence-corrected chi connectivity index (χ3v) is 7.62. The zero-order valence-corrected chi connectivity index (χ0v) is 21.9. The summed E-state index contributed by atoms with van der Waals surface area (Å²) in [5, 5.41) is 0. The first-order chi connectivity index (χ1) is 16.7. The molecule has 0 aliphatic carbocycles. The van der Waals surface area contributed by atoms with Gasteiger partial charge in [0.1, 0.15) is 11.6 Å². The molecule has 188 valence electrons. The molecular weight excluding hydrogens is 463 g/mol. The van der Waals surface area contributed by atoms with Crippen molar-refractivity contribution >= 4 is 23.6 Å². The van der Waals surface area contributed by atoms with Gasteiger partial charge in [0.2, 0.25) is 5.91 Å². The number of amides is 2. The van der Waals surface area contributed by atoms with Crippen molar-refractivity contribution in [1.29, 1.82) is 0 Å². The number of nitrogens with zero attached hydrogens (tertiary/aromatic N) is 2. The minimum absolute atomic E-state index is 0.0325. The number of rotatable bonds is 5. The number of ether oxygens (including phenoxy) is 1. The van der Waals surface area contributed by atoms with E-state index in [1.807, 2.05) is 67.5 Å². The fourth-order valence-corrected chi connectivity index (χ4v) is 5.68. The summed E-state index contributed by atoms with van der Waals surface area (Å²) >= 11 is 1.87. The lowest BCUT2D eigenvalue weighted by Crippen LogP contribution is -2.46. The van der Waals surface area contributed by atoms with Crippen molar-refractivity contribution in [1.82, 2.24) is 9.80 Å². The van der Waals surface area contributed by atoms with Crippen molar-refractivity contribution < 1.29 is 18.7 Å². The molecule has 1 fully saturated rings. The molecule has 1 saturated heterocycles. The Hall–Kier alpha value is -2.54. The molecule has 2 aliphatic heterocycles. The van der Waals surface area contributed by atoms with Gasteiger partial charge in [0.15, 0.2) is 6.10 Å². The first-order valence-electron chi connectivity index (χ1n) is 12.4. The van der Waals surface area contributed by atoms with Gasteiger partial charge >= 0.3 is 0 Å². The predicted molar refractivity (Wildman–Crippen MR) is 138 cm³/mol. The normalized spacial score (nSPS) is 19.2. The third kappa shape index (κ3) is 5.66. The molecule has 5 nitrogen and oxygen atoms in total. The Kier molecular flexibility index (Phi) is 7.74. The van der Waals surface area contributed by atoms with E-state index >= 15 is 0 Å². The van der Waals surface area contributed by atoms with Gasteiger partial charge in [0.25, 0.3) is 5.91 Å². The van der Waals surface area contributed by atoms with Crippen LogP contribution in [0, 0.1) is 11.2 Å². The number of thioether (sulfide) groups is 1. The summed E-state index contributed by atoms with van der Waals surface area (Å²) in [5.41, 5.74) is 2.42. The first kappa shape index (κ1) is 25.5. The highest BCUT2D eigenvalue weighted by Crippen LogP contribution is 2.39. The van der Waals surface area contributed by atoms with Crippen LogP contribution in [0.25, 0.3) is 0 Å². The van der Waals surface area contributed by atoms with Gasteiger partial charge in [-0.15, -0.1) is 0 Å². The zero-order chi connectivity index (χ0) is 25.2. The fraction of sp³-hybridized carbons (Fsp3) is 0.500. The lowest BCUT2D eigenvalue weighted by Gasteiger charge is -2.41. The van der Waals surface area contributed by atoms with Crippen molar-refractivity contribution in [2.45, 2.75) is 52.7 Å². The minimum Gasteiger partial charge on any atom is -0.481 e. The van der Waals surface area contributed by atoms with E-state index in [4.69, 9.17) is 4.74 Å². The highest BCUT2D eigenvalue weighted by molar-refractivity contribution is 7.99. The number of hydrogen-bond donors (Lipinski definition) is 0. The Morgan fingerprint density at radius 3 is 2.40 bits per heavy atom. The van der Waals surface area contributed by atoms with Crippen molar-refractivity contribution in [2.24, 2.45) is 5.41 Å². The van der Waals surface area contributed by atoms with Gasteiger partial charge in [0, 0.05) is 36.6 Å². The number of halogens is 1. The monoisotopic (exact) mass is 498 g/mol. The van der Waals surface area contributed by atoms with Crippen LogP contribution >= 0.6 is 11.8 Å². The van der Waals surface area contributed by atoms with Crippen LogP contribution in [-0.2, 0) is 16.0 Å². The van der Waals surface area contributed by atoms with Gasteiger partial charge in [-0.3, -0.25) is 9.59 Å². The molecule has 0 bridgehead atoms. The Balaban J connectivity index is 1.67.